The van der Waals surface area contributed by atoms with Crippen LogP contribution in [-0.2, 0) is 9.59 Å². The Kier molecular flexibility index (Phi) is 3.39. The van der Waals surface area contributed by atoms with Crippen molar-refractivity contribution in [3.05, 3.63) is 34.9 Å². The summed E-state index contributed by atoms with van der Waals surface area (Å²) in [5.41, 5.74) is 2.41. The summed E-state index contributed by atoms with van der Waals surface area (Å²) in [6.07, 6.45) is 3.62. The summed E-state index contributed by atoms with van der Waals surface area (Å²) in [7, 11) is 0. The molecule has 1 aromatic rings. The molecule has 0 radical (unpaired) electrons. The Morgan fingerprint density at radius 3 is 2.48 bits per heavy atom. The van der Waals surface area contributed by atoms with Crippen LogP contribution in [0, 0.1) is 19.8 Å². The molecule has 1 aliphatic carbocycles. The van der Waals surface area contributed by atoms with Crippen molar-refractivity contribution in [1.29, 1.82) is 0 Å². The van der Waals surface area contributed by atoms with E-state index >= 15 is 0 Å². The number of benzene rings is 1. The molecule has 1 saturated heterocycles. The van der Waals surface area contributed by atoms with Crippen LogP contribution in [0.25, 0.3) is 0 Å². The summed E-state index contributed by atoms with van der Waals surface area (Å²) in [4.78, 5) is 25.5. The second-order valence-electron chi connectivity index (χ2n) is 6.91. The van der Waals surface area contributed by atoms with E-state index in [1.807, 2.05) is 32.0 Å². The Morgan fingerprint density at radius 1 is 1.14 bits per heavy atom. The summed E-state index contributed by atoms with van der Waals surface area (Å²) < 4.78 is 0. The monoisotopic (exact) mass is 285 g/mol. The Morgan fingerprint density at radius 2 is 1.81 bits per heavy atom. The molecule has 112 valence electrons. The maximum atomic E-state index is 13.0. The molecular weight excluding hydrogens is 262 g/mol. The Balaban J connectivity index is 1.96. The fraction of sp³-hybridized carbons (Fsp3) is 0.556. The maximum Gasteiger partial charge on any atom is 0.235 e. The summed E-state index contributed by atoms with van der Waals surface area (Å²) >= 11 is 0. The van der Waals surface area contributed by atoms with Gasteiger partial charge < -0.3 is 5.32 Å². The van der Waals surface area contributed by atoms with E-state index in [0.717, 1.165) is 42.4 Å². The minimum Gasteiger partial charge on any atom is -0.343 e. The van der Waals surface area contributed by atoms with E-state index < -0.39 is 11.5 Å². The van der Waals surface area contributed by atoms with Crippen LogP contribution in [0.5, 0.6) is 0 Å². The van der Waals surface area contributed by atoms with Crippen molar-refractivity contribution in [1.82, 2.24) is 5.32 Å². The van der Waals surface area contributed by atoms with E-state index in [1.54, 1.807) is 0 Å². The van der Waals surface area contributed by atoms with E-state index in [9.17, 15) is 9.59 Å². The molecule has 1 heterocycles. The van der Waals surface area contributed by atoms with E-state index in [2.05, 4.69) is 12.2 Å². The lowest BCUT2D eigenvalue weighted by molar-refractivity contribution is -0.126. The van der Waals surface area contributed by atoms with Crippen molar-refractivity contribution in [3.63, 3.8) is 0 Å². The van der Waals surface area contributed by atoms with Crippen LogP contribution in [0.15, 0.2) is 18.2 Å². The predicted molar refractivity (Wildman–Crippen MR) is 82.2 cm³/mol. The molecule has 2 aliphatic rings. The van der Waals surface area contributed by atoms with Gasteiger partial charge in [0.1, 0.15) is 5.92 Å². The Bertz CT molecular complexity index is 597. The zero-order valence-electron chi connectivity index (χ0n) is 13.0. The standard InChI is InChI=1S/C18H23NO2/c1-11-6-8-18(9-7-11)16(20)15(17(21)19-18)14-10-12(2)4-5-13(14)3/h4-5,10-11,15H,6-9H2,1-3H3,(H,19,21). The molecule has 3 heteroatoms. The van der Waals surface area contributed by atoms with Gasteiger partial charge >= 0.3 is 0 Å². The molecule has 0 bridgehead atoms. The number of carbonyl (C=O) groups is 2. The zero-order valence-corrected chi connectivity index (χ0v) is 13.0. The Hall–Kier alpha value is -1.64. The molecule has 3 nitrogen and oxygen atoms in total. The van der Waals surface area contributed by atoms with Crippen LogP contribution in [0.2, 0.25) is 0 Å². The van der Waals surface area contributed by atoms with Crippen LogP contribution in [0.1, 0.15) is 55.2 Å². The lowest BCUT2D eigenvalue weighted by Crippen LogP contribution is -2.49. The largest absolute Gasteiger partial charge is 0.343 e. The average molecular weight is 285 g/mol. The van der Waals surface area contributed by atoms with Crippen molar-refractivity contribution < 1.29 is 9.59 Å². The lowest BCUT2D eigenvalue weighted by atomic mass is 9.73. The molecule has 1 aliphatic heterocycles. The number of Topliss-reactive ketones (excluding diaryl/α,β-unsaturated/α-hetero) is 1. The highest BCUT2D eigenvalue weighted by molar-refractivity contribution is 6.17. The maximum absolute atomic E-state index is 13.0. The molecular formula is C18H23NO2. The fourth-order valence-corrected chi connectivity index (χ4v) is 3.74. The second kappa shape index (κ2) is 4.97. The van der Waals surface area contributed by atoms with Gasteiger partial charge in [-0.2, -0.15) is 0 Å². The van der Waals surface area contributed by atoms with E-state index in [0.29, 0.717) is 5.92 Å². The van der Waals surface area contributed by atoms with Gasteiger partial charge in [-0.25, -0.2) is 0 Å². The molecule has 0 aromatic heterocycles. The topological polar surface area (TPSA) is 46.2 Å². The van der Waals surface area contributed by atoms with Crippen LogP contribution >= 0.6 is 0 Å². The third kappa shape index (κ3) is 2.29. The first kappa shape index (κ1) is 14.3. The lowest BCUT2D eigenvalue weighted by Gasteiger charge is -2.34. The van der Waals surface area contributed by atoms with Crippen molar-refractivity contribution in [2.75, 3.05) is 0 Å². The molecule has 1 aromatic carbocycles. The van der Waals surface area contributed by atoms with E-state index in [1.165, 1.54) is 0 Å². The van der Waals surface area contributed by atoms with Crippen LogP contribution in [0.4, 0.5) is 0 Å². The quantitative estimate of drug-likeness (QED) is 0.806. The van der Waals surface area contributed by atoms with Gasteiger partial charge in [0.25, 0.3) is 0 Å². The number of nitrogens with one attached hydrogen (secondary N) is 1. The van der Waals surface area contributed by atoms with Crippen LogP contribution in [0.3, 0.4) is 0 Å². The van der Waals surface area contributed by atoms with Crippen LogP contribution in [-0.4, -0.2) is 17.2 Å². The van der Waals surface area contributed by atoms with Gasteiger partial charge in [-0.15, -0.1) is 0 Å². The number of carbonyl (C=O) groups excluding carboxylic acids is 2. The zero-order chi connectivity index (χ0) is 15.2. The number of hydrogen-bond donors (Lipinski definition) is 1. The van der Waals surface area contributed by atoms with Crippen LogP contribution < -0.4 is 5.32 Å². The second-order valence-corrected chi connectivity index (χ2v) is 6.91. The number of ketones is 1. The van der Waals surface area contributed by atoms with Gasteiger partial charge in [0.05, 0.1) is 5.54 Å². The SMILES string of the molecule is Cc1ccc(C)c(C2C(=O)NC3(CCC(C)CC3)C2=O)c1. The first-order valence-corrected chi connectivity index (χ1v) is 7.86. The highest BCUT2D eigenvalue weighted by Crippen LogP contribution is 2.41. The molecule has 1 amide bonds. The first-order chi connectivity index (χ1) is 9.93. The van der Waals surface area contributed by atoms with Crippen molar-refractivity contribution >= 4 is 11.7 Å². The number of amides is 1. The third-order valence-electron chi connectivity index (χ3n) is 5.23. The highest BCUT2D eigenvalue weighted by atomic mass is 16.2. The molecule has 1 unspecified atom stereocenters. The van der Waals surface area contributed by atoms with Crippen molar-refractivity contribution in [2.45, 2.75) is 57.9 Å². The number of hydrogen-bond acceptors (Lipinski definition) is 2. The van der Waals surface area contributed by atoms with Gasteiger partial charge in [-0.05, 0) is 56.6 Å². The highest BCUT2D eigenvalue weighted by Gasteiger charge is 2.53. The first-order valence-electron chi connectivity index (χ1n) is 7.86. The van der Waals surface area contributed by atoms with Crippen molar-refractivity contribution in [2.24, 2.45) is 5.92 Å². The molecule has 1 saturated carbocycles. The normalized spacial score (nSPS) is 32.5. The van der Waals surface area contributed by atoms with Gasteiger partial charge in [0.2, 0.25) is 5.91 Å². The third-order valence-corrected chi connectivity index (χ3v) is 5.23. The minimum absolute atomic E-state index is 0.0908. The average Bonchev–Trinajstić information content (AvgIpc) is 2.68. The van der Waals surface area contributed by atoms with Gasteiger partial charge in [0.15, 0.2) is 5.78 Å². The molecule has 21 heavy (non-hydrogen) atoms. The summed E-state index contributed by atoms with van der Waals surface area (Å²) in [5.74, 6) is 0.0229. The van der Waals surface area contributed by atoms with Gasteiger partial charge in [-0.3, -0.25) is 9.59 Å². The van der Waals surface area contributed by atoms with Gasteiger partial charge in [-0.1, -0.05) is 30.7 Å². The summed E-state index contributed by atoms with van der Waals surface area (Å²) in [5, 5.41) is 3.05. The van der Waals surface area contributed by atoms with Gasteiger partial charge in [0, 0.05) is 0 Å². The summed E-state index contributed by atoms with van der Waals surface area (Å²) in [6.45, 7) is 6.19. The minimum atomic E-state index is -0.613. The number of rotatable bonds is 1. The molecule has 1 spiro atoms. The summed E-state index contributed by atoms with van der Waals surface area (Å²) in [6, 6.07) is 6.01. The Labute approximate surface area is 126 Å². The van der Waals surface area contributed by atoms with E-state index in [4.69, 9.17) is 0 Å². The molecule has 1 N–H and O–H groups in total. The number of aryl methyl sites for hydroxylation is 2. The molecule has 2 fully saturated rings. The fourth-order valence-electron chi connectivity index (χ4n) is 3.74. The molecule has 3 rings (SSSR count). The smallest absolute Gasteiger partial charge is 0.235 e. The van der Waals surface area contributed by atoms with E-state index in [-0.39, 0.29) is 11.7 Å². The molecule has 1 atom stereocenters. The van der Waals surface area contributed by atoms with Crippen molar-refractivity contribution in [3.8, 4) is 0 Å². The predicted octanol–water partition coefficient (Wildman–Crippen LogP) is 3.03.